The first-order valence-electron chi connectivity index (χ1n) is 8.40. The first kappa shape index (κ1) is 17.9. The maximum absolute atomic E-state index is 10.9. The maximum atomic E-state index is 10.9. The highest BCUT2D eigenvalue weighted by Gasteiger charge is 2.36. The Labute approximate surface area is 137 Å². The van der Waals surface area contributed by atoms with Crippen LogP contribution in [0.1, 0.15) is 34.1 Å². The van der Waals surface area contributed by atoms with E-state index in [1.165, 1.54) is 0 Å². The molecule has 2 rings (SSSR count). The summed E-state index contributed by atoms with van der Waals surface area (Å²) in [5.41, 5.74) is 0. The summed E-state index contributed by atoms with van der Waals surface area (Å²) in [6.07, 6.45) is 0.783. The molecule has 4 atom stereocenters. The minimum absolute atomic E-state index is 0.110. The molecule has 2 aliphatic heterocycles. The van der Waals surface area contributed by atoms with Crippen molar-refractivity contribution >= 4 is 5.96 Å². The van der Waals surface area contributed by atoms with E-state index in [0.717, 1.165) is 26.1 Å². The van der Waals surface area contributed by atoms with Crippen LogP contribution in [0.3, 0.4) is 0 Å². The molecule has 8 nitrogen and oxygen atoms in total. The lowest BCUT2D eigenvalue weighted by Gasteiger charge is -2.29. The first-order chi connectivity index (χ1) is 10.9. The van der Waals surface area contributed by atoms with Gasteiger partial charge < -0.3 is 19.3 Å². The number of hydrogen-bond acceptors (Lipinski definition) is 4. The van der Waals surface area contributed by atoms with Gasteiger partial charge in [-0.1, -0.05) is 13.8 Å². The van der Waals surface area contributed by atoms with E-state index in [2.05, 4.69) is 18.9 Å². The lowest BCUT2D eigenvalue weighted by atomic mass is 9.98. The highest BCUT2D eigenvalue weighted by Crippen LogP contribution is 2.24. The van der Waals surface area contributed by atoms with E-state index in [1.54, 1.807) is 0 Å². The zero-order valence-electron chi connectivity index (χ0n) is 14.5. The first-order valence-corrected chi connectivity index (χ1v) is 8.40. The summed E-state index contributed by atoms with van der Waals surface area (Å²) in [6.45, 7) is 11.8. The van der Waals surface area contributed by atoms with E-state index in [1.807, 2.05) is 23.6 Å². The second kappa shape index (κ2) is 7.92. The summed E-state index contributed by atoms with van der Waals surface area (Å²) < 4.78 is 11.4. The Morgan fingerprint density at radius 1 is 1.43 bits per heavy atom. The summed E-state index contributed by atoms with van der Waals surface area (Å²) in [5.74, 6) is 1.26. The average molecular weight is 328 g/mol. The summed E-state index contributed by atoms with van der Waals surface area (Å²) >= 11 is 0. The molecule has 2 heterocycles. The molecule has 0 N–H and O–H groups in total. The highest BCUT2D eigenvalue weighted by atomic mass is 16.7. The second-order valence-electron chi connectivity index (χ2n) is 6.51. The molecule has 2 aliphatic rings. The van der Waals surface area contributed by atoms with E-state index in [9.17, 15) is 10.1 Å². The minimum Gasteiger partial charge on any atom is -0.381 e. The number of ether oxygens (including phenoxy) is 2. The molecule has 0 bridgehead atoms. The van der Waals surface area contributed by atoms with Crippen LogP contribution < -0.4 is 0 Å². The molecular weight excluding hydrogens is 300 g/mol. The molecule has 2 fully saturated rings. The molecular formula is C15H28N4O4. The van der Waals surface area contributed by atoms with Crippen LogP contribution in [0.5, 0.6) is 0 Å². The van der Waals surface area contributed by atoms with Crippen molar-refractivity contribution in [3.05, 3.63) is 10.1 Å². The van der Waals surface area contributed by atoms with Gasteiger partial charge in [-0.05, 0) is 26.2 Å². The molecule has 0 amide bonds. The van der Waals surface area contributed by atoms with E-state index < -0.39 is 5.03 Å². The SMILES string of the molecule is CCC(C)OC(C)N1CCN(CC2COCC2C)C1=N[N+](=O)[O-]. The number of rotatable bonds is 7. The molecule has 0 aromatic heterocycles. The summed E-state index contributed by atoms with van der Waals surface area (Å²) in [5, 5.41) is 14.0. The molecule has 0 aliphatic carbocycles. The van der Waals surface area contributed by atoms with Gasteiger partial charge in [-0.25, -0.2) is 10.1 Å². The number of guanidine groups is 1. The van der Waals surface area contributed by atoms with Crippen LogP contribution in [0.4, 0.5) is 0 Å². The van der Waals surface area contributed by atoms with Gasteiger partial charge in [0.15, 0.2) is 5.03 Å². The molecule has 0 saturated carbocycles. The van der Waals surface area contributed by atoms with Gasteiger partial charge in [-0.2, -0.15) is 0 Å². The van der Waals surface area contributed by atoms with Crippen molar-refractivity contribution in [2.24, 2.45) is 16.9 Å². The monoisotopic (exact) mass is 328 g/mol. The van der Waals surface area contributed by atoms with Gasteiger partial charge in [0.1, 0.15) is 11.3 Å². The third kappa shape index (κ3) is 4.54. The Bertz CT molecular complexity index is 445. The predicted octanol–water partition coefficient (Wildman–Crippen LogP) is 1.60. The molecule has 0 aromatic carbocycles. The van der Waals surface area contributed by atoms with Crippen molar-refractivity contribution < 1.29 is 14.5 Å². The second-order valence-corrected chi connectivity index (χ2v) is 6.51. The molecule has 8 heteroatoms. The Kier molecular flexibility index (Phi) is 6.17. The Hall–Kier alpha value is -1.41. The minimum atomic E-state index is -0.620. The fourth-order valence-corrected chi connectivity index (χ4v) is 3.05. The van der Waals surface area contributed by atoms with Gasteiger partial charge >= 0.3 is 0 Å². The van der Waals surface area contributed by atoms with Crippen molar-refractivity contribution in [3.8, 4) is 0 Å². The fraction of sp³-hybridized carbons (Fsp3) is 0.933. The van der Waals surface area contributed by atoms with Crippen LogP contribution in [-0.2, 0) is 9.47 Å². The lowest BCUT2D eigenvalue weighted by Crippen LogP contribution is -2.43. The van der Waals surface area contributed by atoms with Crippen LogP contribution >= 0.6 is 0 Å². The largest absolute Gasteiger partial charge is 0.381 e. The average Bonchev–Trinajstić information content (AvgIpc) is 3.06. The summed E-state index contributed by atoms with van der Waals surface area (Å²) in [6, 6.07) is 0. The van der Waals surface area contributed by atoms with Crippen molar-refractivity contribution in [2.45, 2.75) is 46.4 Å². The Morgan fingerprint density at radius 3 is 2.74 bits per heavy atom. The van der Waals surface area contributed by atoms with Gasteiger partial charge in [-0.3, -0.25) is 0 Å². The van der Waals surface area contributed by atoms with Crippen LogP contribution in [0.25, 0.3) is 0 Å². The highest BCUT2D eigenvalue weighted by molar-refractivity contribution is 5.81. The molecule has 0 aromatic rings. The van der Waals surface area contributed by atoms with E-state index in [0.29, 0.717) is 30.9 Å². The molecule has 0 spiro atoms. The molecule has 23 heavy (non-hydrogen) atoms. The van der Waals surface area contributed by atoms with Gasteiger partial charge in [0, 0.05) is 32.2 Å². The number of nitro groups is 1. The van der Waals surface area contributed by atoms with Gasteiger partial charge in [0.05, 0.1) is 12.7 Å². The normalized spacial score (nSPS) is 29.3. The Morgan fingerprint density at radius 2 is 2.17 bits per heavy atom. The molecule has 0 radical (unpaired) electrons. The van der Waals surface area contributed by atoms with Crippen molar-refractivity contribution in [1.29, 1.82) is 0 Å². The summed E-state index contributed by atoms with van der Waals surface area (Å²) in [4.78, 5) is 14.8. The van der Waals surface area contributed by atoms with Crippen LogP contribution in [0.2, 0.25) is 0 Å². The summed E-state index contributed by atoms with van der Waals surface area (Å²) in [7, 11) is 0. The smallest absolute Gasteiger partial charge is 0.276 e. The predicted molar refractivity (Wildman–Crippen MR) is 86.5 cm³/mol. The molecule has 2 saturated heterocycles. The van der Waals surface area contributed by atoms with Gasteiger partial charge in [0.25, 0.3) is 5.96 Å². The Balaban J connectivity index is 2.07. The van der Waals surface area contributed by atoms with Gasteiger partial charge in [0.2, 0.25) is 0 Å². The third-order valence-electron chi connectivity index (χ3n) is 4.74. The van der Waals surface area contributed by atoms with Gasteiger partial charge in [-0.15, -0.1) is 0 Å². The number of nitrogens with zero attached hydrogens (tertiary/aromatic N) is 4. The maximum Gasteiger partial charge on any atom is 0.276 e. The number of hydrogen-bond donors (Lipinski definition) is 0. The van der Waals surface area contributed by atoms with Crippen molar-refractivity contribution in [1.82, 2.24) is 9.80 Å². The fourth-order valence-electron chi connectivity index (χ4n) is 3.05. The topological polar surface area (TPSA) is 80.4 Å². The standard InChI is InChI=1S/C15H28N4O4/c1-5-12(3)23-13(4)18-7-6-17(15(18)16-19(20)21)8-14-10-22-9-11(14)2/h11-14H,5-10H2,1-4H3. The van der Waals surface area contributed by atoms with Crippen LogP contribution in [0, 0.1) is 22.0 Å². The molecule has 132 valence electrons. The van der Waals surface area contributed by atoms with E-state index in [4.69, 9.17) is 9.47 Å². The third-order valence-corrected chi connectivity index (χ3v) is 4.74. The van der Waals surface area contributed by atoms with Crippen molar-refractivity contribution in [3.63, 3.8) is 0 Å². The zero-order valence-corrected chi connectivity index (χ0v) is 14.5. The number of hydrazone groups is 1. The van der Waals surface area contributed by atoms with Crippen molar-refractivity contribution in [2.75, 3.05) is 32.8 Å². The zero-order chi connectivity index (χ0) is 17.0. The van der Waals surface area contributed by atoms with E-state index >= 15 is 0 Å². The van der Waals surface area contributed by atoms with E-state index in [-0.39, 0.29) is 12.3 Å². The lowest BCUT2D eigenvalue weighted by molar-refractivity contribution is -0.486. The van der Waals surface area contributed by atoms with Crippen LogP contribution in [0.15, 0.2) is 5.10 Å². The quantitative estimate of drug-likeness (QED) is 0.521. The molecule has 4 unspecified atom stereocenters. The van der Waals surface area contributed by atoms with Crippen LogP contribution in [-0.4, -0.2) is 66.0 Å².